The molecule has 0 aliphatic carbocycles. The first kappa shape index (κ1) is 19.5. The summed E-state index contributed by atoms with van der Waals surface area (Å²) in [6, 6.07) is 0. The van der Waals surface area contributed by atoms with Crippen LogP contribution in [0, 0.1) is 0 Å². The zero-order valence-corrected chi connectivity index (χ0v) is 15.0. The Labute approximate surface area is 147 Å². The van der Waals surface area contributed by atoms with E-state index in [1.54, 1.807) is 20.8 Å². The van der Waals surface area contributed by atoms with Crippen LogP contribution in [0.5, 0.6) is 0 Å². The van der Waals surface area contributed by atoms with Gasteiger partial charge in [0, 0.05) is 26.2 Å². The Bertz CT molecular complexity index is 640. The molecule has 1 aliphatic heterocycles. The molecule has 0 spiro atoms. The van der Waals surface area contributed by atoms with Gasteiger partial charge in [0.15, 0.2) is 5.69 Å². The van der Waals surface area contributed by atoms with Crippen molar-refractivity contribution in [3.05, 3.63) is 16.1 Å². The van der Waals surface area contributed by atoms with Crippen LogP contribution in [-0.2, 0) is 10.9 Å². The number of ether oxygens (including phenoxy) is 1. The average molecular weight is 379 g/mol. The molecule has 0 unspecified atom stereocenters. The van der Waals surface area contributed by atoms with Crippen LogP contribution in [0.3, 0.4) is 0 Å². The summed E-state index contributed by atoms with van der Waals surface area (Å²) >= 11 is 0.672. The summed E-state index contributed by atoms with van der Waals surface area (Å²) < 4.78 is 44.0. The van der Waals surface area contributed by atoms with Crippen LogP contribution in [0.25, 0.3) is 0 Å². The van der Waals surface area contributed by atoms with Crippen molar-refractivity contribution in [1.82, 2.24) is 14.8 Å². The number of alkyl halides is 3. The molecule has 2 amide bonds. The lowest BCUT2D eigenvalue weighted by Crippen LogP contribution is -2.40. The van der Waals surface area contributed by atoms with Crippen LogP contribution in [0.2, 0.25) is 0 Å². The number of nitrogens with zero attached hydrogens (tertiary/aromatic N) is 3. The predicted octanol–water partition coefficient (Wildman–Crippen LogP) is 3.24. The Morgan fingerprint density at radius 2 is 1.72 bits per heavy atom. The third-order valence-electron chi connectivity index (χ3n) is 3.46. The van der Waals surface area contributed by atoms with Crippen molar-refractivity contribution in [1.29, 1.82) is 0 Å². The minimum Gasteiger partial charge on any atom is -0.444 e. The molecule has 2 heterocycles. The summed E-state index contributed by atoms with van der Waals surface area (Å²) in [4.78, 5) is 30.2. The average Bonchev–Trinajstić information content (AvgIpc) is 2.83. The second-order valence-electron chi connectivity index (χ2n) is 6.64. The van der Waals surface area contributed by atoms with Crippen molar-refractivity contribution in [2.45, 2.75) is 39.0 Å². The Morgan fingerprint density at radius 3 is 2.32 bits per heavy atom. The molecular formula is C15H20F3N3O3S. The highest BCUT2D eigenvalue weighted by Gasteiger charge is 2.39. The Balaban J connectivity index is 2.05. The highest BCUT2D eigenvalue weighted by molar-refractivity contribution is 7.11. The van der Waals surface area contributed by atoms with E-state index in [9.17, 15) is 22.8 Å². The maximum Gasteiger partial charge on any atom is 0.434 e. The van der Waals surface area contributed by atoms with Gasteiger partial charge in [-0.2, -0.15) is 13.2 Å². The number of aromatic nitrogens is 1. The third-order valence-corrected chi connectivity index (χ3v) is 4.28. The van der Waals surface area contributed by atoms with Crippen molar-refractivity contribution in [3.8, 4) is 0 Å². The van der Waals surface area contributed by atoms with Gasteiger partial charge in [-0.15, -0.1) is 11.3 Å². The Hall–Kier alpha value is -1.84. The molecule has 0 saturated carbocycles. The van der Waals surface area contributed by atoms with Crippen molar-refractivity contribution in [2.24, 2.45) is 0 Å². The summed E-state index contributed by atoms with van der Waals surface area (Å²) in [5.41, 5.74) is -0.778. The first-order valence-corrected chi connectivity index (χ1v) is 8.65. The van der Waals surface area contributed by atoms with E-state index in [1.165, 1.54) is 9.80 Å². The van der Waals surface area contributed by atoms with E-state index < -0.39 is 34.3 Å². The molecule has 25 heavy (non-hydrogen) atoms. The zero-order valence-electron chi connectivity index (χ0n) is 14.2. The lowest BCUT2D eigenvalue weighted by atomic mass is 10.2. The molecule has 0 aromatic carbocycles. The van der Waals surface area contributed by atoms with E-state index in [4.69, 9.17) is 4.74 Å². The van der Waals surface area contributed by atoms with Crippen LogP contribution in [0.4, 0.5) is 18.0 Å². The Morgan fingerprint density at radius 1 is 1.12 bits per heavy atom. The van der Waals surface area contributed by atoms with E-state index in [2.05, 4.69) is 4.98 Å². The van der Waals surface area contributed by atoms with Crippen LogP contribution in [0.1, 0.15) is 42.6 Å². The van der Waals surface area contributed by atoms with Gasteiger partial charge in [-0.1, -0.05) is 0 Å². The molecule has 6 nitrogen and oxygen atoms in total. The van der Waals surface area contributed by atoms with Crippen LogP contribution >= 0.6 is 11.3 Å². The van der Waals surface area contributed by atoms with E-state index in [0.29, 0.717) is 24.3 Å². The Kier molecular flexibility index (Phi) is 5.60. The van der Waals surface area contributed by atoms with Gasteiger partial charge in [0.1, 0.15) is 10.5 Å². The number of hydrogen-bond acceptors (Lipinski definition) is 5. The van der Waals surface area contributed by atoms with Crippen molar-refractivity contribution in [2.75, 3.05) is 26.2 Å². The van der Waals surface area contributed by atoms with Gasteiger partial charge in [0.2, 0.25) is 0 Å². The molecule has 2 rings (SSSR count). The van der Waals surface area contributed by atoms with Gasteiger partial charge in [-0.3, -0.25) is 4.79 Å². The summed E-state index contributed by atoms with van der Waals surface area (Å²) in [6.07, 6.45) is -4.69. The van der Waals surface area contributed by atoms with Gasteiger partial charge < -0.3 is 14.5 Å². The molecular weight excluding hydrogens is 359 g/mol. The molecule has 1 aromatic heterocycles. The third kappa shape index (κ3) is 5.07. The van der Waals surface area contributed by atoms with E-state index in [-0.39, 0.29) is 19.6 Å². The highest BCUT2D eigenvalue weighted by Crippen LogP contribution is 2.33. The number of thiazole rings is 1. The van der Waals surface area contributed by atoms with Gasteiger partial charge in [0.05, 0.1) is 5.51 Å². The fourth-order valence-electron chi connectivity index (χ4n) is 2.37. The van der Waals surface area contributed by atoms with E-state index in [1.807, 2.05) is 0 Å². The van der Waals surface area contributed by atoms with Crippen LogP contribution in [0.15, 0.2) is 5.51 Å². The summed E-state index contributed by atoms with van der Waals surface area (Å²) in [5, 5.41) is 0. The molecule has 0 atom stereocenters. The van der Waals surface area contributed by atoms with Gasteiger partial charge >= 0.3 is 12.3 Å². The first-order valence-electron chi connectivity index (χ1n) is 7.77. The minimum atomic E-state index is -4.67. The maximum atomic E-state index is 12.9. The number of amides is 2. The fourth-order valence-corrected chi connectivity index (χ4v) is 3.15. The smallest absolute Gasteiger partial charge is 0.434 e. The minimum absolute atomic E-state index is 0.146. The van der Waals surface area contributed by atoms with Gasteiger partial charge in [-0.25, -0.2) is 9.78 Å². The maximum absolute atomic E-state index is 12.9. The highest BCUT2D eigenvalue weighted by atomic mass is 32.1. The molecule has 0 bridgehead atoms. The van der Waals surface area contributed by atoms with Crippen molar-refractivity contribution >= 4 is 23.3 Å². The van der Waals surface area contributed by atoms with Crippen molar-refractivity contribution < 1.29 is 27.5 Å². The number of rotatable bonds is 1. The summed E-state index contributed by atoms with van der Waals surface area (Å²) in [6.45, 7) is 6.26. The second-order valence-corrected chi connectivity index (χ2v) is 7.50. The zero-order chi connectivity index (χ0) is 18.8. The SMILES string of the molecule is CC(C)(C)OC(=O)N1CCCN(C(=O)c2scnc2C(F)(F)F)CC1. The van der Waals surface area contributed by atoms with Gasteiger partial charge in [-0.05, 0) is 27.2 Å². The number of carbonyl (C=O) groups excluding carboxylic acids is 2. The second kappa shape index (κ2) is 7.19. The number of halogens is 3. The molecule has 0 N–H and O–H groups in total. The fraction of sp³-hybridized carbons (Fsp3) is 0.667. The molecule has 0 radical (unpaired) electrons. The standard InChI is InChI=1S/C15H20F3N3O3S/c1-14(2,3)24-13(23)21-6-4-5-20(7-8-21)12(22)10-11(15(16,17)18)19-9-25-10/h9H,4-8H2,1-3H3. The first-order chi connectivity index (χ1) is 11.5. The van der Waals surface area contributed by atoms with Crippen LogP contribution in [-0.4, -0.2) is 58.6 Å². The van der Waals surface area contributed by atoms with Crippen molar-refractivity contribution in [3.63, 3.8) is 0 Å². The molecule has 1 aliphatic rings. The number of hydrogen-bond donors (Lipinski definition) is 0. The largest absolute Gasteiger partial charge is 0.444 e. The normalized spacial score (nSPS) is 16.6. The van der Waals surface area contributed by atoms with E-state index in [0.717, 1.165) is 5.51 Å². The topological polar surface area (TPSA) is 62.7 Å². The van der Waals surface area contributed by atoms with Crippen LogP contribution < -0.4 is 0 Å². The number of carbonyl (C=O) groups is 2. The molecule has 1 fully saturated rings. The molecule has 140 valence electrons. The monoisotopic (exact) mass is 379 g/mol. The summed E-state index contributed by atoms with van der Waals surface area (Å²) in [5.74, 6) is -0.708. The molecule has 10 heteroatoms. The molecule has 1 aromatic rings. The van der Waals surface area contributed by atoms with Gasteiger partial charge in [0.25, 0.3) is 5.91 Å². The lowest BCUT2D eigenvalue weighted by molar-refractivity contribution is -0.141. The predicted molar refractivity (Wildman–Crippen MR) is 85.4 cm³/mol. The lowest BCUT2D eigenvalue weighted by Gasteiger charge is -2.26. The quantitative estimate of drug-likeness (QED) is 0.752. The summed E-state index contributed by atoms with van der Waals surface area (Å²) in [7, 11) is 0. The van der Waals surface area contributed by atoms with E-state index >= 15 is 0 Å². The molecule has 1 saturated heterocycles.